The number of nitrogens with two attached hydrogens (primary N) is 1. The molecule has 1 atom stereocenters. The molecule has 21 heavy (non-hydrogen) atoms. The smallest absolute Gasteiger partial charge is 0.225 e. The maximum atomic E-state index is 11.9. The first kappa shape index (κ1) is 15.8. The summed E-state index contributed by atoms with van der Waals surface area (Å²) >= 11 is 0. The summed E-state index contributed by atoms with van der Waals surface area (Å²) in [6.45, 7) is 0.619. The van der Waals surface area contributed by atoms with Gasteiger partial charge >= 0.3 is 0 Å². The number of rotatable bonds is 6. The van der Waals surface area contributed by atoms with Gasteiger partial charge in [0.15, 0.2) is 9.84 Å². The lowest BCUT2D eigenvalue weighted by molar-refractivity contribution is -0.115. The van der Waals surface area contributed by atoms with Crippen molar-refractivity contribution in [3.8, 4) is 0 Å². The molecule has 7 heteroatoms. The molecule has 0 radical (unpaired) electrons. The van der Waals surface area contributed by atoms with Gasteiger partial charge in [-0.05, 0) is 25.0 Å². The molecule has 1 aliphatic heterocycles. The average Bonchev–Trinajstić information content (AvgIpc) is 2.91. The minimum Gasteiger partial charge on any atom is -0.397 e. The van der Waals surface area contributed by atoms with Gasteiger partial charge in [0.05, 0.1) is 29.0 Å². The molecule has 1 aliphatic rings. The van der Waals surface area contributed by atoms with E-state index in [1.807, 2.05) is 0 Å². The number of nitrogen functional groups attached to an aromatic ring is 1. The number of carbonyl (C=O) groups excluding carboxylic acids is 1. The van der Waals surface area contributed by atoms with E-state index in [0.29, 0.717) is 18.0 Å². The number of hydrogen-bond acceptors (Lipinski definition) is 5. The van der Waals surface area contributed by atoms with Crippen LogP contribution >= 0.6 is 0 Å². The molecule has 1 aromatic rings. The topological polar surface area (TPSA) is 98.5 Å². The van der Waals surface area contributed by atoms with Crippen LogP contribution in [0, 0.1) is 0 Å². The normalized spacial score (nSPS) is 18.6. The van der Waals surface area contributed by atoms with Crippen LogP contribution in [0.4, 0.5) is 11.4 Å². The molecule has 3 N–H and O–H groups in total. The molecule has 0 spiro atoms. The monoisotopic (exact) mass is 312 g/mol. The first-order chi connectivity index (χ1) is 9.96. The van der Waals surface area contributed by atoms with Crippen molar-refractivity contribution in [3.05, 3.63) is 24.3 Å². The molecule has 1 fully saturated rings. The fourth-order valence-corrected chi connectivity index (χ4v) is 3.71. The maximum absolute atomic E-state index is 11.9. The van der Waals surface area contributed by atoms with Crippen LogP contribution in [-0.4, -0.2) is 38.5 Å². The van der Waals surface area contributed by atoms with Gasteiger partial charge in [-0.25, -0.2) is 8.42 Å². The van der Waals surface area contributed by atoms with E-state index in [1.165, 1.54) is 0 Å². The Bertz CT molecular complexity index is 595. The van der Waals surface area contributed by atoms with E-state index in [-0.39, 0.29) is 29.9 Å². The Morgan fingerprint density at radius 3 is 2.81 bits per heavy atom. The zero-order chi connectivity index (χ0) is 15.3. The standard InChI is InChI=1S/C14H20N2O4S/c15-12-5-1-2-6-13(12)16-14(17)7-9-21(18,19)10-11-4-3-8-20-11/h1-2,5-6,11H,3-4,7-10,15H2,(H,16,17). The molecule has 0 saturated carbocycles. The Morgan fingerprint density at radius 2 is 2.14 bits per heavy atom. The highest BCUT2D eigenvalue weighted by atomic mass is 32.2. The molecule has 6 nitrogen and oxygen atoms in total. The van der Waals surface area contributed by atoms with Crippen molar-refractivity contribution in [2.75, 3.05) is 29.2 Å². The maximum Gasteiger partial charge on any atom is 0.225 e. The molecule has 1 amide bonds. The summed E-state index contributed by atoms with van der Waals surface area (Å²) in [5.41, 5.74) is 6.66. The summed E-state index contributed by atoms with van der Waals surface area (Å²) in [7, 11) is -3.28. The molecule has 2 rings (SSSR count). The largest absolute Gasteiger partial charge is 0.397 e. The molecule has 1 unspecified atom stereocenters. The minimum absolute atomic E-state index is 0.00619. The molecular weight excluding hydrogens is 292 g/mol. The molecule has 116 valence electrons. The summed E-state index contributed by atoms with van der Waals surface area (Å²) in [5.74, 6) is -0.539. The molecule has 1 aromatic carbocycles. The predicted octanol–water partition coefficient (Wildman–Crippen LogP) is 1.19. The van der Waals surface area contributed by atoms with Crippen LogP contribution < -0.4 is 11.1 Å². The third-order valence-corrected chi connectivity index (χ3v) is 5.04. The van der Waals surface area contributed by atoms with Crippen molar-refractivity contribution in [1.82, 2.24) is 0 Å². The van der Waals surface area contributed by atoms with Crippen LogP contribution in [0.25, 0.3) is 0 Å². The van der Waals surface area contributed by atoms with E-state index in [9.17, 15) is 13.2 Å². The summed E-state index contributed by atoms with van der Waals surface area (Å²) in [6, 6.07) is 6.86. The van der Waals surface area contributed by atoms with Crippen molar-refractivity contribution < 1.29 is 17.9 Å². The average molecular weight is 312 g/mol. The number of amides is 1. The van der Waals surface area contributed by atoms with Gasteiger partial charge < -0.3 is 15.8 Å². The highest BCUT2D eigenvalue weighted by molar-refractivity contribution is 7.91. The lowest BCUT2D eigenvalue weighted by atomic mass is 10.2. The number of carbonyl (C=O) groups is 1. The number of sulfone groups is 1. The molecule has 0 bridgehead atoms. The highest BCUT2D eigenvalue weighted by Crippen LogP contribution is 2.17. The Hall–Kier alpha value is -1.60. The second-order valence-electron chi connectivity index (χ2n) is 5.13. The molecular formula is C14H20N2O4S. The lowest BCUT2D eigenvalue weighted by Crippen LogP contribution is -2.25. The summed E-state index contributed by atoms with van der Waals surface area (Å²) in [6.07, 6.45) is 1.37. The number of benzene rings is 1. The summed E-state index contributed by atoms with van der Waals surface area (Å²) in [5, 5.41) is 2.62. The molecule has 0 aliphatic carbocycles. The van der Waals surface area contributed by atoms with E-state index in [1.54, 1.807) is 24.3 Å². The quantitative estimate of drug-likeness (QED) is 0.769. The number of hydrogen-bond donors (Lipinski definition) is 2. The van der Waals surface area contributed by atoms with Gasteiger partial charge in [-0.2, -0.15) is 0 Å². The second-order valence-corrected chi connectivity index (χ2v) is 7.36. The van der Waals surface area contributed by atoms with Crippen molar-refractivity contribution >= 4 is 27.1 Å². The summed E-state index contributed by atoms with van der Waals surface area (Å²) in [4.78, 5) is 11.8. The Kier molecular flexibility index (Phi) is 5.19. The fraction of sp³-hybridized carbons (Fsp3) is 0.500. The minimum atomic E-state index is -3.28. The van der Waals surface area contributed by atoms with E-state index < -0.39 is 9.84 Å². The summed E-state index contributed by atoms with van der Waals surface area (Å²) < 4.78 is 29.2. The second kappa shape index (κ2) is 6.91. The SMILES string of the molecule is Nc1ccccc1NC(=O)CCS(=O)(=O)CC1CCCO1. The highest BCUT2D eigenvalue weighted by Gasteiger charge is 2.23. The predicted molar refractivity (Wildman–Crippen MR) is 81.7 cm³/mol. The van der Waals surface area contributed by atoms with Crippen molar-refractivity contribution in [1.29, 1.82) is 0 Å². The van der Waals surface area contributed by atoms with Crippen LogP contribution in [-0.2, 0) is 19.4 Å². The number of para-hydroxylation sites is 2. The number of anilines is 2. The van der Waals surface area contributed by atoms with Crippen LogP contribution in [0.1, 0.15) is 19.3 Å². The molecule has 0 aromatic heterocycles. The molecule has 1 heterocycles. The third-order valence-electron chi connectivity index (χ3n) is 3.34. The van der Waals surface area contributed by atoms with Gasteiger partial charge in [0.1, 0.15) is 0 Å². The van der Waals surface area contributed by atoms with Gasteiger partial charge in [-0.1, -0.05) is 12.1 Å². The fourth-order valence-electron chi connectivity index (χ4n) is 2.21. The van der Waals surface area contributed by atoms with E-state index >= 15 is 0 Å². The first-order valence-electron chi connectivity index (χ1n) is 6.93. The number of ether oxygens (including phenoxy) is 1. The van der Waals surface area contributed by atoms with E-state index in [2.05, 4.69) is 5.32 Å². The van der Waals surface area contributed by atoms with Crippen LogP contribution in [0.5, 0.6) is 0 Å². The van der Waals surface area contributed by atoms with Gasteiger partial charge in [-0.15, -0.1) is 0 Å². The van der Waals surface area contributed by atoms with Crippen LogP contribution in [0.3, 0.4) is 0 Å². The third kappa shape index (κ3) is 5.02. The van der Waals surface area contributed by atoms with E-state index in [0.717, 1.165) is 12.8 Å². The van der Waals surface area contributed by atoms with E-state index in [4.69, 9.17) is 10.5 Å². The van der Waals surface area contributed by atoms with Crippen LogP contribution in [0.15, 0.2) is 24.3 Å². The lowest BCUT2D eigenvalue weighted by Gasteiger charge is -2.11. The first-order valence-corrected chi connectivity index (χ1v) is 8.75. The van der Waals surface area contributed by atoms with Crippen LogP contribution in [0.2, 0.25) is 0 Å². The zero-order valence-corrected chi connectivity index (χ0v) is 12.6. The van der Waals surface area contributed by atoms with Gasteiger partial charge in [0, 0.05) is 13.0 Å². The zero-order valence-electron chi connectivity index (χ0n) is 11.7. The van der Waals surface area contributed by atoms with Gasteiger partial charge in [0.2, 0.25) is 5.91 Å². The van der Waals surface area contributed by atoms with Crippen molar-refractivity contribution in [3.63, 3.8) is 0 Å². The Labute approximate surface area is 124 Å². The number of nitrogens with one attached hydrogen (secondary N) is 1. The van der Waals surface area contributed by atoms with Crippen molar-refractivity contribution in [2.45, 2.75) is 25.4 Å². The molecule has 1 saturated heterocycles. The van der Waals surface area contributed by atoms with Gasteiger partial charge in [-0.3, -0.25) is 4.79 Å². The Balaban J connectivity index is 1.81. The van der Waals surface area contributed by atoms with Gasteiger partial charge in [0.25, 0.3) is 0 Å². The van der Waals surface area contributed by atoms with Crippen molar-refractivity contribution in [2.24, 2.45) is 0 Å². The Morgan fingerprint density at radius 1 is 1.38 bits per heavy atom.